The van der Waals surface area contributed by atoms with Gasteiger partial charge in [-0.2, -0.15) is 0 Å². The fourth-order valence-corrected chi connectivity index (χ4v) is 4.41. The number of benzene rings is 1. The largest absolute Gasteiger partial charge is 0.493 e. The van der Waals surface area contributed by atoms with Gasteiger partial charge >= 0.3 is 5.97 Å². The summed E-state index contributed by atoms with van der Waals surface area (Å²) < 4.78 is 10.9. The third-order valence-corrected chi connectivity index (χ3v) is 5.82. The van der Waals surface area contributed by atoms with E-state index in [4.69, 9.17) is 9.47 Å². The number of carboxylic acid groups (broad SMARTS) is 1. The number of rotatable bonds is 5. The highest BCUT2D eigenvalue weighted by atomic mass is 16.5. The van der Waals surface area contributed by atoms with Crippen LogP contribution in [0, 0.1) is 5.41 Å². The molecule has 2 aliphatic rings. The van der Waals surface area contributed by atoms with Crippen LogP contribution in [0.25, 0.3) is 0 Å². The van der Waals surface area contributed by atoms with Crippen LogP contribution in [-0.2, 0) is 11.3 Å². The Kier molecular flexibility index (Phi) is 5.20. The van der Waals surface area contributed by atoms with Gasteiger partial charge in [0.05, 0.1) is 14.2 Å². The van der Waals surface area contributed by atoms with Crippen LogP contribution in [0.4, 0.5) is 0 Å². The summed E-state index contributed by atoms with van der Waals surface area (Å²) in [5.74, 6) is 0.870. The molecule has 2 saturated heterocycles. The van der Waals surface area contributed by atoms with Crippen molar-refractivity contribution in [1.82, 2.24) is 9.80 Å². The molecular formula is C19H28N2O4. The summed E-state index contributed by atoms with van der Waals surface area (Å²) in [5.41, 5.74) is 1.29. The molecule has 0 radical (unpaired) electrons. The van der Waals surface area contributed by atoms with E-state index in [0.717, 1.165) is 62.5 Å². The molecule has 1 N–H and O–H groups in total. The van der Waals surface area contributed by atoms with E-state index in [1.165, 1.54) is 0 Å². The molecule has 1 spiro atoms. The van der Waals surface area contributed by atoms with Gasteiger partial charge in [-0.25, -0.2) is 0 Å². The van der Waals surface area contributed by atoms with Gasteiger partial charge in [0.1, 0.15) is 6.04 Å². The fraction of sp³-hybridized carbons (Fsp3) is 0.632. The second-order valence-electron chi connectivity index (χ2n) is 7.40. The first-order valence-electron chi connectivity index (χ1n) is 8.83. The number of likely N-dealkylation sites (N-methyl/N-ethyl adjacent to an activating group) is 1. The molecule has 0 bridgehead atoms. The molecule has 25 heavy (non-hydrogen) atoms. The Morgan fingerprint density at radius 1 is 1.28 bits per heavy atom. The average molecular weight is 348 g/mol. The van der Waals surface area contributed by atoms with Gasteiger partial charge in [-0.1, -0.05) is 12.1 Å². The van der Waals surface area contributed by atoms with Gasteiger partial charge < -0.3 is 14.6 Å². The van der Waals surface area contributed by atoms with Gasteiger partial charge in [0.15, 0.2) is 11.5 Å². The van der Waals surface area contributed by atoms with Crippen molar-refractivity contribution in [1.29, 1.82) is 0 Å². The lowest BCUT2D eigenvalue weighted by Crippen LogP contribution is -2.40. The zero-order valence-corrected chi connectivity index (χ0v) is 15.3. The first-order valence-corrected chi connectivity index (χ1v) is 8.83. The maximum absolute atomic E-state index is 11.4. The van der Waals surface area contributed by atoms with Crippen molar-refractivity contribution in [2.45, 2.75) is 31.8 Å². The predicted octanol–water partition coefficient (Wildman–Crippen LogP) is 2.07. The first-order chi connectivity index (χ1) is 12.0. The second kappa shape index (κ2) is 7.22. The topological polar surface area (TPSA) is 62.2 Å². The van der Waals surface area contributed by atoms with Gasteiger partial charge in [-0.15, -0.1) is 0 Å². The number of carboxylic acids is 1. The molecule has 0 unspecified atom stereocenters. The number of para-hydroxylation sites is 1. The third kappa shape index (κ3) is 3.60. The first kappa shape index (κ1) is 18.0. The maximum Gasteiger partial charge on any atom is 0.320 e. The van der Waals surface area contributed by atoms with Crippen LogP contribution in [0.5, 0.6) is 11.5 Å². The second-order valence-corrected chi connectivity index (χ2v) is 7.40. The summed E-state index contributed by atoms with van der Waals surface area (Å²) in [6.45, 7) is 3.69. The van der Waals surface area contributed by atoms with Crippen molar-refractivity contribution in [2.24, 2.45) is 5.41 Å². The predicted molar refractivity (Wildman–Crippen MR) is 95.2 cm³/mol. The van der Waals surface area contributed by atoms with E-state index in [9.17, 15) is 9.90 Å². The minimum absolute atomic E-state index is 0.159. The normalized spacial score (nSPS) is 23.7. The smallest absolute Gasteiger partial charge is 0.320 e. The molecule has 0 saturated carbocycles. The molecule has 2 fully saturated rings. The standard InChI is InChI=1S/C19H28N2O4/c1-20-13-19(11-15(20)18(22)23)7-9-21(10-8-19)12-14-5-4-6-16(24-2)17(14)25-3/h4-6,15H,7-13H2,1-3H3,(H,22,23)/t15-/m0/s1. The summed E-state index contributed by atoms with van der Waals surface area (Å²) >= 11 is 0. The van der Waals surface area contributed by atoms with Crippen LogP contribution >= 0.6 is 0 Å². The number of likely N-dealkylation sites (tertiary alicyclic amines) is 2. The summed E-state index contributed by atoms with van der Waals surface area (Å²) in [7, 11) is 5.26. The van der Waals surface area contributed by atoms with Crippen molar-refractivity contribution in [3.05, 3.63) is 23.8 Å². The Hall–Kier alpha value is -1.79. The lowest BCUT2D eigenvalue weighted by atomic mass is 9.76. The molecule has 0 aromatic heterocycles. The number of nitrogens with zero attached hydrogens (tertiary/aromatic N) is 2. The third-order valence-electron chi connectivity index (χ3n) is 5.82. The molecule has 2 heterocycles. The Morgan fingerprint density at radius 3 is 2.56 bits per heavy atom. The molecule has 0 aliphatic carbocycles. The van der Waals surface area contributed by atoms with Crippen molar-refractivity contribution in [2.75, 3.05) is 40.9 Å². The fourth-order valence-electron chi connectivity index (χ4n) is 4.41. The van der Waals surface area contributed by atoms with Crippen molar-refractivity contribution >= 4 is 5.97 Å². The van der Waals surface area contributed by atoms with E-state index >= 15 is 0 Å². The summed E-state index contributed by atoms with van der Waals surface area (Å²) in [6, 6.07) is 5.65. The average Bonchev–Trinajstić information content (AvgIpc) is 2.93. The molecule has 6 nitrogen and oxygen atoms in total. The number of hydrogen-bond donors (Lipinski definition) is 1. The zero-order chi connectivity index (χ0) is 18.0. The van der Waals surface area contributed by atoms with Crippen molar-refractivity contribution < 1.29 is 19.4 Å². The van der Waals surface area contributed by atoms with Crippen LogP contribution < -0.4 is 9.47 Å². The summed E-state index contributed by atoms with van der Waals surface area (Å²) in [5, 5.41) is 9.37. The Morgan fingerprint density at radius 2 is 2.00 bits per heavy atom. The van der Waals surface area contributed by atoms with Crippen LogP contribution in [0.3, 0.4) is 0 Å². The lowest BCUT2D eigenvalue weighted by molar-refractivity contribution is -0.141. The lowest BCUT2D eigenvalue weighted by Gasteiger charge is -2.39. The van der Waals surface area contributed by atoms with E-state index < -0.39 is 5.97 Å². The SMILES string of the molecule is COc1cccc(CN2CCC3(CC2)C[C@@H](C(=O)O)N(C)C3)c1OC. The molecule has 2 aliphatic heterocycles. The number of methoxy groups -OCH3 is 2. The van der Waals surface area contributed by atoms with E-state index in [0.29, 0.717) is 0 Å². The Balaban J connectivity index is 1.63. The number of hydrogen-bond acceptors (Lipinski definition) is 5. The quantitative estimate of drug-likeness (QED) is 0.879. The monoisotopic (exact) mass is 348 g/mol. The number of carbonyl (C=O) groups is 1. The van der Waals surface area contributed by atoms with Crippen LogP contribution in [0.1, 0.15) is 24.8 Å². The molecule has 3 rings (SSSR count). The highest BCUT2D eigenvalue weighted by Crippen LogP contribution is 2.43. The Bertz CT molecular complexity index is 626. The van der Waals surface area contributed by atoms with Gasteiger partial charge in [-0.05, 0) is 50.9 Å². The minimum atomic E-state index is -0.692. The highest BCUT2D eigenvalue weighted by Gasteiger charge is 2.46. The number of aliphatic carboxylic acids is 1. The Labute approximate surface area is 149 Å². The van der Waals surface area contributed by atoms with Crippen LogP contribution in [-0.4, -0.2) is 67.8 Å². The van der Waals surface area contributed by atoms with Crippen molar-refractivity contribution in [3.63, 3.8) is 0 Å². The molecular weight excluding hydrogens is 320 g/mol. The molecule has 1 atom stereocenters. The molecule has 1 aromatic carbocycles. The van der Waals surface area contributed by atoms with E-state index in [1.807, 2.05) is 24.1 Å². The van der Waals surface area contributed by atoms with Crippen LogP contribution in [0.15, 0.2) is 18.2 Å². The maximum atomic E-state index is 11.4. The van der Waals surface area contributed by atoms with E-state index in [1.54, 1.807) is 14.2 Å². The van der Waals surface area contributed by atoms with Gasteiger partial charge in [0.2, 0.25) is 0 Å². The minimum Gasteiger partial charge on any atom is -0.493 e. The van der Waals surface area contributed by atoms with Crippen molar-refractivity contribution in [3.8, 4) is 11.5 Å². The summed E-state index contributed by atoms with van der Waals surface area (Å²) in [4.78, 5) is 15.8. The van der Waals surface area contributed by atoms with Gasteiger partial charge in [-0.3, -0.25) is 14.6 Å². The van der Waals surface area contributed by atoms with Gasteiger partial charge in [0, 0.05) is 18.7 Å². The van der Waals surface area contributed by atoms with Gasteiger partial charge in [0.25, 0.3) is 0 Å². The molecule has 1 aromatic rings. The van der Waals surface area contributed by atoms with E-state index in [-0.39, 0.29) is 11.5 Å². The van der Waals surface area contributed by atoms with E-state index in [2.05, 4.69) is 11.0 Å². The zero-order valence-electron chi connectivity index (χ0n) is 15.3. The van der Waals surface area contributed by atoms with Crippen LogP contribution in [0.2, 0.25) is 0 Å². The molecule has 6 heteroatoms. The highest BCUT2D eigenvalue weighted by molar-refractivity contribution is 5.74. The molecule has 0 amide bonds. The summed E-state index contributed by atoms with van der Waals surface area (Å²) in [6.07, 6.45) is 2.87. The molecule has 138 valence electrons. The number of piperidine rings is 1. The number of ether oxygens (including phenoxy) is 2.